The fourth-order valence-electron chi connectivity index (χ4n) is 4.12. The smallest absolute Gasteiger partial charge is 0.226 e. The molecule has 0 bridgehead atoms. The van der Waals surface area contributed by atoms with Gasteiger partial charge in [-0.25, -0.2) is 0 Å². The number of amides is 2. The maximum absolute atomic E-state index is 12.7. The van der Waals surface area contributed by atoms with Crippen LogP contribution in [0.4, 0.5) is 5.69 Å². The number of nitrogens with zero attached hydrogens (tertiary/aromatic N) is 1. The van der Waals surface area contributed by atoms with Crippen molar-refractivity contribution in [1.82, 2.24) is 4.90 Å². The van der Waals surface area contributed by atoms with E-state index in [4.69, 9.17) is 4.74 Å². The zero-order valence-electron chi connectivity index (χ0n) is 16.6. The van der Waals surface area contributed by atoms with E-state index < -0.39 is 0 Å². The molecule has 4 rings (SSSR count). The first-order chi connectivity index (χ1) is 14.1. The van der Waals surface area contributed by atoms with Crippen LogP contribution in [0.15, 0.2) is 54.7 Å². The lowest BCUT2D eigenvalue weighted by Crippen LogP contribution is -2.33. The molecule has 29 heavy (non-hydrogen) atoms. The van der Waals surface area contributed by atoms with Crippen LogP contribution >= 0.6 is 0 Å². The average molecular weight is 390 g/mol. The number of rotatable bonds is 5. The number of anilines is 1. The zero-order valence-corrected chi connectivity index (χ0v) is 16.6. The van der Waals surface area contributed by atoms with Crippen LogP contribution in [0.2, 0.25) is 0 Å². The number of nitrogens with one attached hydrogen (secondary N) is 1. The summed E-state index contributed by atoms with van der Waals surface area (Å²) >= 11 is 0. The minimum atomic E-state index is -0.307. The molecule has 5 nitrogen and oxygen atoms in total. The largest absolute Gasteiger partial charge is 0.490 e. The Bertz CT molecular complexity index is 914. The fourth-order valence-corrected chi connectivity index (χ4v) is 4.12. The first-order valence-corrected chi connectivity index (χ1v) is 10.2. The van der Waals surface area contributed by atoms with Crippen LogP contribution in [0.1, 0.15) is 56.2 Å². The van der Waals surface area contributed by atoms with Crippen molar-refractivity contribution in [3.63, 3.8) is 0 Å². The van der Waals surface area contributed by atoms with Crippen molar-refractivity contribution in [3.05, 3.63) is 65.9 Å². The van der Waals surface area contributed by atoms with Gasteiger partial charge in [-0.1, -0.05) is 24.3 Å². The van der Waals surface area contributed by atoms with Crippen molar-refractivity contribution in [3.8, 4) is 5.75 Å². The Balaban J connectivity index is 1.41. The van der Waals surface area contributed by atoms with E-state index in [2.05, 4.69) is 5.32 Å². The molecule has 0 saturated heterocycles. The summed E-state index contributed by atoms with van der Waals surface area (Å²) in [6.07, 6.45) is 8.87. The predicted molar refractivity (Wildman–Crippen MR) is 113 cm³/mol. The monoisotopic (exact) mass is 390 g/mol. The second-order valence-corrected chi connectivity index (χ2v) is 7.69. The molecule has 1 aliphatic heterocycles. The molecule has 0 aromatic heterocycles. The number of carbonyl (C=O) groups excluding carboxylic acids is 2. The van der Waals surface area contributed by atoms with E-state index in [-0.39, 0.29) is 24.3 Å². The molecule has 0 spiro atoms. The van der Waals surface area contributed by atoms with Crippen molar-refractivity contribution < 1.29 is 14.3 Å². The summed E-state index contributed by atoms with van der Waals surface area (Å²) in [5.74, 6) is 0.627. The molecule has 2 amide bonds. The maximum atomic E-state index is 12.7. The van der Waals surface area contributed by atoms with E-state index in [0.717, 1.165) is 35.4 Å². The Morgan fingerprint density at radius 2 is 1.79 bits per heavy atom. The van der Waals surface area contributed by atoms with Gasteiger partial charge < -0.3 is 15.0 Å². The van der Waals surface area contributed by atoms with E-state index in [1.165, 1.54) is 19.8 Å². The van der Waals surface area contributed by atoms with Crippen LogP contribution in [-0.4, -0.2) is 22.8 Å². The van der Waals surface area contributed by atoms with E-state index in [1.54, 1.807) is 11.1 Å². The standard InChI is InChI=1S/C24H26N2O3/c1-17(27)26-15-14-18-6-2-5-9-22(18)23(26)16-24(28)25-19-10-12-21(13-11-19)29-20-7-3-4-8-20/h2,5-6,9-15,20,23H,3-4,7-8,16H2,1H3,(H,25,28)/t23-/m0/s1. The van der Waals surface area contributed by atoms with Crippen LogP contribution < -0.4 is 10.1 Å². The third-order valence-corrected chi connectivity index (χ3v) is 5.59. The molecule has 1 fully saturated rings. The van der Waals surface area contributed by atoms with Gasteiger partial charge in [0.25, 0.3) is 0 Å². The van der Waals surface area contributed by atoms with Gasteiger partial charge in [-0.05, 0) is 67.2 Å². The van der Waals surface area contributed by atoms with Gasteiger partial charge >= 0.3 is 0 Å². The van der Waals surface area contributed by atoms with Gasteiger partial charge in [0, 0.05) is 18.8 Å². The van der Waals surface area contributed by atoms with Gasteiger partial charge in [-0.2, -0.15) is 0 Å². The molecule has 0 radical (unpaired) electrons. The SMILES string of the molecule is CC(=O)N1C=Cc2ccccc2[C@@H]1CC(=O)Nc1ccc(OC2CCCC2)cc1. The molecule has 0 unspecified atom stereocenters. The van der Waals surface area contributed by atoms with E-state index in [1.807, 2.05) is 54.6 Å². The number of hydrogen-bond donors (Lipinski definition) is 1. The van der Waals surface area contributed by atoms with Crippen molar-refractivity contribution in [1.29, 1.82) is 0 Å². The average Bonchev–Trinajstić information content (AvgIpc) is 3.22. The quantitative estimate of drug-likeness (QED) is 0.789. The molecule has 1 saturated carbocycles. The van der Waals surface area contributed by atoms with Gasteiger partial charge in [0.15, 0.2) is 0 Å². The highest BCUT2D eigenvalue weighted by atomic mass is 16.5. The van der Waals surface area contributed by atoms with Crippen LogP contribution in [0, 0.1) is 0 Å². The first kappa shape index (κ1) is 19.2. The Morgan fingerprint density at radius 1 is 1.07 bits per heavy atom. The Morgan fingerprint density at radius 3 is 2.52 bits per heavy atom. The van der Waals surface area contributed by atoms with Crippen LogP contribution in [0.3, 0.4) is 0 Å². The van der Waals surface area contributed by atoms with Crippen molar-refractivity contribution in [2.45, 2.75) is 51.2 Å². The second-order valence-electron chi connectivity index (χ2n) is 7.69. The molecule has 150 valence electrons. The van der Waals surface area contributed by atoms with Gasteiger partial charge in [0.1, 0.15) is 5.75 Å². The highest BCUT2D eigenvalue weighted by molar-refractivity contribution is 5.92. The van der Waals surface area contributed by atoms with E-state index in [9.17, 15) is 9.59 Å². The first-order valence-electron chi connectivity index (χ1n) is 10.2. The molecular weight excluding hydrogens is 364 g/mol. The third-order valence-electron chi connectivity index (χ3n) is 5.59. The summed E-state index contributed by atoms with van der Waals surface area (Å²) < 4.78 is 5.97. The van der Waals surface area contributed by atoms with Gasteiger partial charge in [-0.15, -0.1) is 0 Å². The van der Waals surface area contributed by atoms with Crippen LogP contribution in [-0.2, 0) is 9.59 Å². The fraction of sp³-hybridized carbons (Fsp3) is 0.333. The minimum Gasteiger partial charge on any atom is -0.490 e. The highest BCUT2D eigenvalue weighted by Gasteiger charge is 2.28. The summed E-state index contributed by atoms with van der Waals surface area (Å²) in [5.41, 5.74) is 2.75. The highest BCUT2D eigenvalue weighted by Crippen LogP contribution is 2.33. The molecule has 1 heterocycles. The van der Waals surface area contributed by atoms with Gasteiger partial charge in [0.05, 0.1) is 18.6 Å². The lowest BCUT2D eigenvalue weighted by Gasteiger charge is -2.32. The predicted octanol–water partition coefficient (Wildman–Crippen LogP) is 4.91. The Kier molecular flexibility index (Phi) is 5.65. The normalized spacial score (nSPS) is 18.4. The molecule has 2 aliphatic rings. The molecule has 1 N–H and O–H groups in total. The van der Waals surface area contributed by atoms with E-state index in [0.29, 0.717) is 6.10 Å². The molecule has 2 aromatic carbocycles. The topological polar surface area (TPSA) is 58.6 Å². The zero-order chi connectivity index (χ0) is 20.2. The molecule has 1 atom stereocenters. The lowest BCUT2D eigenvalue weighted by molar-refractivity contribution is -0.129. The number of carbonyl (C=O) groups is 2. The lowest BCUT2D eigenvalue weighted by atomic mass is 9.93. The number of hydrogen-bond acceptors (Lipinski definition) is 3. The van der Waals surface area contributed by atoms with Gasteiger partial charge in [-0.3, -0.25) is 9.59 Å². The Hall–Kier alpha value is -3.08. The van der Waals surface area contributed by atoms with Crippen molar-refractivity contribution >= 4 is 23.6 Å². The maximum Gasteiger partial charge on any atom is 0.226 e. The molecule has 2 aromatic rings. The van der Waals surface area contributed by atoms with Crippen molar-refractivity contribution in [2.75, 3.05) is 5.32 Å². The molecular formula is C24H26N2O3. The third kappa shape index (κ3) is 4.50. The summed E-state index contributed by atoms with van der Waals surface area (Å²) in [6, 6.07) is 15.1. The number of benzene rings is 2. The molecule has 5 heteroatoms. The summed E-state index contributed by atoms with van der Waals surface area (Å²) in [5, 5.41) is 2.94. The number of fused-ring (bicyclic) bond motifs is 1. The second kappa shape index (κ2) is 8.52. The number of ether oxygens (including phenoxy) is 1. The molecule has 1 aliphatic carbocycles. The summed E-state index contributed by atoms with van der Waals surface area (Å²) in [6.45, 7) is 1.52. The van der Waals surface area contributed by atoms with Crippen molar-refractivity contribution in [2.24, 2.45) is 0 Å². The van der Waals surface area contributed by atoms with Crippen LogP contribution in [0.25, 0.3) is 6.08 Å². The van der Waals surface area contributed by atoms with Gasteiger partial charge in [0.2, 0.25) is 11.8 Å². The van der Waals surface area contributed by atoms with E-state index >= 15 is 0 Å². The minimum absolute atomic E-state index is 0.0815. The van der Waals surface area contributed by atoms with Crippen LogP contribution in [0.5, 0.6) is 5.75 Å². The Labute approximate surface area is 171 Å². The summed E-state index contributed by atoms with van der Waals surface area (Å²) in [7, 11) is 0. The summed E-state index contributed by atoms with van der Waals surface area (Å²) in [4.78, 5) is 26.4.